The van der Waals surface area contributed by atoms with E-state index in [-0.39, 0.29) is 11.4 Å². The van der Waals surface area contributed by atoms with E-state index in [1.165, 1.54) is 5.56 Å². The van der Waals surface area contributed by atoms with Crippen LogP contribution in [-0.4, -0.2) is 16.0 Å². The predicted octanol–water partition coefficient (Wildman–Crippen LogP) is 4.76. The van der Waals surface area contributed by atoms with Crippen molar-refractivity contribution in [2.75, 3.05) is 5.32 Å². The van der Waals surface area contributed by atoms with Crippen LogP contribution in [0.4, 0.5) is 10.5 Å². The minimum Gasteiger partial charge on any atom is -0.334 e. The summed E-state index contributed by atoms with van der Waals surface area (Å²) in [5, 5.41) is 5.77. The number of carbonyl (C=O) groups is 1. The summed E-state index contributed by atoms with van der Waals surface area (Å²) in [5.74, 6) is 0. The van der Waals surface area contributed by atoms with Gasteiger partial charge in [0.25, 0.3) is 0 Å². The molecule has 0 unspecified atom stereocenters. The maximum atomic E-state index is 12.3. The largest absolute Gasteiger partial charge is 0.334 e. The smallest absolute Gasteiger partial charge is 0.319 e. The lowest BCUT2D eigenvalue weighted by atomic mass is 9.87. The van der Waals surface area contributed by atoms with Gasteiger partial charge in [0.1, 0.15) is 0 Å². The molecular weight excluding hydrogens is 336 g/mol. The summed E-state index contributed by atoms with van der Waals surface area (Å²) in [7, 11) is 0. The standard InChI is InChI=1S/C22H24N4O/c1-22(2,3)18-6-8-19(9-7-18)26-21(27)25-15-17-5-4-12-24-20(17)16-10-13-23-14-11-16/h4-14H,15H2,1-3H3,(H2,25,26,27). The fourth-order valence-electron chi connectivity index (χ4n) is 2.76. The molecule has 0 bridgehead atoms. The first-order valence-electron chi connectivity index (χ1n) is 8.93. The molecule has 0 fully saturated rings. The van der Waals surface area contributed by atoms with Gasteiger partial charge in [0, 0.05) is 36.4 Å². The highest BCUT2D eigenvalue weighted by atomic mass is 16.2. The van der Waals surface area contributed by atoms with Crippen molar-refractivity contribution in [1.29, 1.82) is 0 Å². The number of pyridine rings is 2. The Labute approximate surface area is 159 Å². The van der Waals surface area contributed by atoms with E-state index in [2.05, 4.69) is 41.4 Å². The van der Waals surface area contributed by atoms with E-state index in [0.29, 0.717) is 6.54 Å². The first-order chi connectivity index (χ1) is 12.9. The average Bonchev–Trinajstić information content (AvgIpc) is 2.67. The van der Waals surface area contributed by atoms with Gasteiger partial charge in [0.2, 0.25) is 0 Å². The highest BCUT2D eigenvalue weighted by Crippen LogP contribution is 2.23. The van der Waals surface area contributed by atoms with Crippen LogP contribution in [0.15, 0.2) is 67.1 Å². The number of anilines is 1. The molecule has 5 heteroatoms. The zero-order valence-electron chi connectivity index (χ0n) is 15.9. The Morgan fingerprint density at radius 2 is 1.67 bits per heavy atom. The minimum absolute atomic E-state index is 0.0878. The minimum atomic E-state index is -0.247. The molecule has 5 nitrogen and oxygen atoms in total. The Hall–Kier alpha value is -3.21. The zero-order valence-corrected chi connectivity index (χ0v) is 15.9. The molecule has 0 saturated carbocycles. The molecule has 138 valence electrons. The van der Waals surface area contributed by atoms with Crippen LogP contribution in [0.3, 0.4) is 0 Å². The van der Waals surface area contributed by atoms with Crippen molar-refractivity contribution >= 4 is 11.7 Å². The Bertz CT molecular complexity index is 900. The van der Waals surface area contributed by atoms with Gasteiger partial charge in [0.15, 0.2) is 0 Å². The van der Waals surface area contributed by atoms with E-state index in [4.69, 9.17) is 0 Å². The van der Waals surface area contributed by atoms with Gasteiger partial charge in [-0.3, -0.25) is 9.97 Å². The second-order valence-electron chi connectivity index (χ2n) is 7.38. The summed E-state index contributed by atoms with van der Waals surface area (Å²) >= 11 is 0. The second kappa shape index (κ2) is 7.99. The molecule has 2 aromatic heterocycles. The molecule has 0 spiro atoms. The third-order valence-electron chi connectivity index (χ3n) is 4.29. The quantitative estimate of drug-likeness (QED) is 0.705. The van der Waals surface area contributed by atoms with Crippen LogP contribution in [-0.2, 0) is 12.0 Å². The third kappa shape index (κ3) is 4.91. The summed E-state index contributed by atoms with van der Waals surface area (Å²) in [6.07, 6.45) is 5.21. The molecule has 0 aliphatic rings. The molecule has 0 aliphatic heterocycles. The molecule has 2 heterocycles. The van der Waals surface area contributed by atoms with Gasteiger partial charge >= 0.3 is 6.03 Å². The Morgan fingerprint density at radius 1 is 0.963 bits per heavy atom. The van der Waals surface area contributed by atoms with E-state index >= 15 is 0 Å². The van der Waals surface area contributed by atoms with Crippen LogP contribution in [0.2, 0.25) is 0 Å². The maximum absolute atomic E-state index is 12.3. The lowest BCUT2D eigenvalue weighted by Crippen LogP contribution is -2.28. The first-order valence-corrected chi connectivity index (χ1v) is 8.93. The van der Waals surface area contributed by atoms with E-state index in [1.807, 2.05) is 48.5 Å². The van der Waals surface area contributed by atoms with Gasteiger partial charge in [-0.15, -0.1) is 0 Å². The highest BCUT2D eigenvalue weighted by Gasteiger charge is 2.13. The molecule has 27 heavy (non-hydrogen) atoms. The molecule has 3 aromatic rings. The number of urea groups is 1. The number of amides is 2. The number of benzene rings is 1. The SMILES string of the molecule is CC(C)(C)c1ccc(NC(=O)NCc2cccnc2-c2ccncc2)cc1. The van der Waals surface area contributed by atoms with Crippen molar-refractivity contribution in [3.63, 3.8) is 0 Å². The number of hydrogen-bond donors (Lipinski definition) is 2. The molecular formula is C22H24N4O. The van der Waals surface area contributed by atoms with E-state index in [0.717, 1.165) is 22.5 Å². The normalized spacial score (nSPS) is 11.1. The Balaban J connectivity index is 1.63. The van der Waals surface area contributed by atoms with E-state index in [9.17, 15) is 4.79 Å². The molecule has 0 atom stereocenters. The van der Waals surface area contributed by atoms with Gasteiger partial charge in [-0.1, -0.05) is 39.0 Å². The average molecular weight is 360 g/mol. The molecule has 2 N–H and O–H groups in total. The fourth-order valence-corrected chi connectivity index (χ4v) is 2.76. The highest BCUT2D eigenvalue weighted by molar-refractivity contribution is 5.89. The number of carbonyl (C=O) groups excluding carboxylic acids is 1. The van der Waals surface area contributed by atoms with Gasteiger partial charge in [-0.2, -0.15) is 0 Å². The lowest BCUT2D eigenvalue weighted by Gasteiger charge is -2.19. The van der Waals surface area contributed by atoms with Gasteiger partial charge in [-0.25, -0.2) is 4.79 Å². The summed E-state index contributed by atoms with van der Waals surface area (Å²) < 4.78 is 0. The molecule has 3 rings (SSSR count). The topological polar surface area (TPSA) is 66.9 Å². The van der Waals surface area contributed by atoms with E-state index < -0.39 is 0 Å². The van der Waals surface area contributed by atoms with Crippen molar-refractivity contribution in [2.24, 2.45) is 0 Å². The van der Waals surface area contributed by atoms with E-state index in [1.54, 1.807) is 18.6 Å². The van der Waals surface area contributed by atoms with Crippen molar-refractivity contribution in [2.45, 2.75) is 32.7 Å². The lowest BCUT2D eigenvalue weighted by molar-refractivity contribution is 0.252. The van der Waals surface area contributed by atoms with Gasteiger partial charge < -0.3 is 10.6 Å². The van der Waals surface area contributed by atoms with Crippen LogP contribution in [0.5, 0.6) is 0 Å². The summed E-state index contributed by atoms with van der Waals surface area (Å²) in [6.45, 7) is 6.88. The van der Waals surface area contributed by atoms with Crippen molar-refractivity contribution in [3.05, 3.63) is 78.2 Å². The molecule has 0 aliphatic carbocycles. The summed E-state index contributed by atoms with van der Waals surface area (Å²) in [5.41, 5.74) is 4.84. The Morgan fingerprint density at radius 3 is 2.33 bits per heavy atom. The van der Waals surface area contributed by atoms with Crippen molar-refractivity contribution in [1.82, 2.24) is 15.3 Å². The second-order valence-corrected chi connectivity index (χ2v) is 7.38. The van der Waals surface area contributed by atoms with Gasteiger partial charge in [0.05, 0.1) is 5.69 Å². The van der Waals surface area contributed by atoms with Crippen LogP contribution >= 0.6 is 0 Å². The van der Waals surface area contributed by atoms with Gasteiger partial charge in [-0.05, 0) is 46.9 Å². The van der Waals surface area contributed by atoms with Crippen LogP contribution in [0.1, 0.15) is 31.9 Å². The van der Waals surface area contributed by atoms with Crippen LogP contribution < -0.4 is 10.6 Å². The molecule has 0 saturated heterocycles. The molecule has 2 amide bonds. The van der Waals surface area contributed by atoms with Crippen molar-refractivity contribution < 1.29 is 4.79 Å². The zero-order chi connectivity index (χ0) is 19.3. The third-order valence-corrected chi connectivity index (χ3v) is 4.29. The predicted molar refractivity (Wildman–Crippen MR) is 108 cm³/mol. The Kier molecular flexibility index (Phi) is 5.50. The van der Waals surface area contributed by atoms with Crippen molar-refractivity contribution in [3.8, 4) is 11.3 Å². The monoisotopic (exact) mass is 360 g/mol. The van der Waals surface area contributed by atoms with Crippen LogP contribution in [0, 0.1) is 0 Å². The fraction of sp³-hybridized carbons (Fsp3) is 0.227. The van der Waals surface area contributed by atoms with Crippen LogP contribution in [0.25, 0.3) is 11.3 Å². The number of hydrogen-bond acceptors (Lipinski definition) is 3. The molecule has 1 aromatic carbocycles. The summed E-state index contributed by atoms with van der Waals surface area (Å²) in [4.78, 5) is 20.7. The number of nitrogens with zero attached hydrogens (tertiary/aromatic N) is 2. The first kappa shape index (κ1) is 18.6. The summed E-state index contributed by atoms with van der Waals surface area (Å²) in [6, 6.07) is 15.3. The molecule has 0 radical (unpaired) electrons. The number of nitrogens with one attached hydrogen (secondary N) is 2. The number of rotatable bonds is 4. The number of aromatic nitrogens is 2. The maximum Gasteiger partial charge on any atom is 0.319 e.